The Morgan fingerprint density at radius 3 is 2.88 bits per heavy atom. The Balaban J connectivity index is 2.00. The quantitative estimate of drug-likeness (QED) is 0.858. The summed E-state index contributed by atoms with van der Waals surface area (Å²) in [6, 6.07) is 1.13. The third-order valence-electron chi connectivity index (χ3n) is 5.18. The number of halogens is 1. The van der Waals surface area contributed by atoms with Crippen LogP contribution in [0.5, 0.6) is 5.75 Å². The largest absolute Gasteiger partial charge is 0.484 e. The summed E-state index contributed by atoms with van der Waals surface area (Å²) in [7, 11) is 0. The van der Waals surface area contributed by atoms with Crippen molar-refractivity contribution < 1.29 is 19.0 Å². The zero-order valence-corrected chi connectivity index (χ0v) is 14.4. The average molecular weight is 361 g/mol. The number of carboxylic acid groups (broad SMARTS) is 1. The third kappa shape index (κ3) is 2.44. The first kappa shape index (κ1) is 16.8. The molecular weight excluding hydrogens is 341 g/mol. The van der Waals surface area contributed by atoms with Crippen LogP contribution in [0.15, 0.2) is 17.1 Å². The molecule has 2 aromatic rings. The molecule has 3 N–H and O–H groups in total. The third-order valence-corrected chi connectivity index (χ3v) is 5.18. The Kier molecular flexibility index (Phi) is 3.87. The molecule has 0 bridgehead atoms. The molecule has 2 aliphatic heterocycles. The minimum Gasteiger partial charge on any atom is -0.484 e. The minimum atomic E-state index is -1.32. The van der Waals surface area contributed by atoms with E-state index in [2.05, 4.69) is 0 Å². The Morgan fingerprint density at radius 1 is 1.46 bits per heavy atom. The van der Waals surface area contributed by atoms with Crippen LogP contribution >= 0.6 is 0 Å². The van der Waals surface area contributed by atoms with Crippen LogP contribution in [0.4, 0.5) is 10.1 Å². The number of carbonyl (C=O) groups is 1. The second-order valence-electron chi connectivity index (χ2n) is 7.03. The van der Waals surface area contributed by atoms with Crippen molar-refractivity contribution in [1.82, 2.24) is 4.57 Å². The Bertz CT molecular complexity index is 971. The molecule has 2 unspecified atom stereocenters. The van der Waals surface area contributed by atoms with Gasteiger partial charge in [-0.3, -0.25) is 4.79 Å². The second kappa shape index (κ2) is 5.98. The Morgan fingerprint density at radius 2 is 2.23 bits per heavy atom. The lowest BCUT2D eigenvalue weighted by Crippen LogP contribution is -2.31. The zero-order chi connectivity index (χ0) is 18.6. The predicted molar refractivity (Wildman–Crippen MR) is 94.6 cm³/mol. The van der Waals surface area contributed by atoms with Gasteiger partial charge in [-0.05, 0) is 31.9 Å². The van der Waals surface area contributed by atoms with Crippen LogP contribution < -0.4 is 20.8 Å². The fourth-order valence-electron chi connectivity index (χ4n) is 3.93. The number of anilines is 1. The number of hydrogen-bond donors (Lipinski definition) is 2. The molecule has 0 saturated carbocycles. The first-order valence-corrected chi connectivity index (χ1v) is 8.65. The maximum absolute atomic E-state index is 15.0. The second-order valence-corrected chi connectivity index (χ2v) is 7.03. The highest BCUT2D eigenvalue weighted by atomic mass is 19.1. The molecule has 138 valence electrons. The molecule has 8 heteroatoms. The van der Waals surface area contributed by atoms with Gasteiger partial charge in [0.15, 0.2) is 11.6 Å². The minimum absolute atomic E-state index is 0.0302. The van der Waals surface area contributed by atoms with Gasteiger partial charge in [0.25, 0.3) is 0 Å². The van der Waals surface area contributed by atoms with Crippen LogP contribution in [0.3, 0.4) is 0 Å². The molecule has 0 spiro atoms. The number of carboxylic acids is 1. The number of pyridine rings is 1. The molecule has 1 aromatic carbocycles. The number of benzene rings is 1. The van der Waals surface area contributed by atoms with Gasteiger partial charge in [0, 0.05) is 19.3 Å². The lowest BCUT2D eigenvalue weighted by Gasteiger charge is -2.31. The van der Waals surface area contributed by atoms with E-state index in [0.717, 1.165) is 12.5 Å². The number of hydrogen-bond acceptors (Lipinski definition) is 5. The van der Waals surface area contributed by atoms with E-state index in [1.807, 2.05) is 11.8 Å². The summed E-state index contributed by atoms with van der Waals surface area (Å²) in [5.74, 6) is -1.30. The van der Waals surface area contributed by atoms with Crippen molar-refractivity contribution in [2.24, 2.45) is 11.7 Å². The molecule has 0 amide bonds. The van der Waals surface area contributed by atoms with E-state index in [0.29, 0.717) is 43.1 Å². The lowest BCUT2D eigenvalue weighted by atomic mass is 10.1. The Hall–Kier alpha value is -2.61. The highest BCUT2D eigenvalue weighted by molar-refractivity contribution is 5.97. The van der Waals surface area contributed by atoms with Gasteiger partial charge < -0.3 is 25.0 Å². The zero-order valence-electron chi connectivity index (χ0n) is 14.4. The Labute approximate surface area is 148 Å². The van der Waals surface area contributed by atoms with Gasteiger partial charge in [0.2, 0.25) is 5.43 Å². The van der Waals surface area contributed by atoms with Crippen molar-refractivity contribution in [2.45, 2.75) is 26.0 Å². The van der Waals surface area contributed by atoms with Gasteiger partial charge in [0.1, 0.15) is 17.4 Å². The maximum atomic E-state index is 15.0. The van der Waals surface area contributed by atoms with Crippen LogP contribution in [0, 0.1) is 11.7 Å². The highest BCUT2D eigenvalue weighted by Gasteiger charge is 2.32. The van der Waals surface area contributed by atoms with Crippen LogP contribution in [0.2, 0.25) is 0 Å². The first-order valence-electron chi connectivity index (χ1n) is 8.65. The SMILES string of the molecule is CC1Cn2cc(C(=O)O)c(=O)c3cc(F)c(N4CCC(CN)C4)c(c32)O1. The first-order chi connectivity index (χ1) is 12.4. The smallest absolute Gasteiger partial charge is 0.341 e. The summed E-state index contributed by atoms with van der Waals surface area (Å²) in [4.78, 5) is 25.8. The molecule has 26 heavy (non-hydrogen) atoms. The number of rotatable bonds is 3. The molecule has 0 radical (unpaired) electrons. The number of nitrogens with zero attached hydrogens (tertiary/aromatic N) is 2. The fourth-order valence-corrected chi connectivity index (χ4v) is 3.93. The standard InChI is InChI=1S/C18H20FN3O4/c1-9-6-22-8-12(18(24)25)16(23)11-4-13(19)15(17(26-9)14(11)22)21-3-2-10(5-20)7-21/h4,8-10H,2-3,5-7,20H2,1H3,(H,24,25). The molecule has 3 heterocycles. The van der Waals surface area contributed by atoms with Gasteiger partial charge in [-0.1, -0.05) is 0 Å². The molecular formula is C18H20FN3O4. The van der Waals surface area contributed by atoms with E-state index in [1.54, 1.807) is 4.57 Å². The monoisotopic (exact) mass is 361 g/mol. The van der Waals surface area contributed by atoms with Crippen molar-refractivity contribution in [2.75, 3.05) is 24.5 Å². The highest BCUT2D eigenvalue weighted by Crippen LogP contribution is 2.42. The van der Waals surface area contributed by atoms with Crippen molar-refractivity contribution >= 4 is 22.6 Å². The summed E-state index contributed by atoms with van der Waals surface area (Å²) >= 11 is 0. The van der Waals surface area contributed by atoms with E-state index in [4.69, 9.17) is 10.5 Å². The molecule has 2 atom stereocenters. The van der Waals surface area contributed by atoms with Crippen molar-refractivity contribution in [1.29, 1.82) is 0 Å². The lowest BCUT2D eigenvalue weighted by molar-refractivity contribution is 0.0694. The van der Waals surface area contributed by atoms with E-state index in [-0.39, 0.29) is 23.0 Å². The van der Waals surface area contributed by atoms with Crippen molar-refractivity contribution in [3.63, 3.8) is 0 Å². The molecule has 0 aliphatic carbocycles. The number of nitrogens with two attached hydrogens (primary N) is 1. The molecule has 1 saturated heterocycles. The van der Waals surface area contributed by atoms with Crippen LogP contribution in [0.25, 0.3) is 10.9 Å². The van der Waals surface area contributed by atoms with Crippen LogP contribution in [-0.2, 0) is 6.54 Å². The van der Waals surface area contributed by atoms with E-state index < -0.39 is 17.2 Å². The normalized spacial score (nSPS) is 21.9. The van der Waals surface area contributed by atoms with Crippen molar-refractivity contribution in [3.05, 3.63) is 33.9 Å². The van der Waals surface area contributed by atoms with Crippen LogP contribution in [-0.4, -0.2) is 41.4 Å². The molecule has 7 nitrogen and oxygen atoms in total. The fraction of sp³-hybridized carbons (Fsp3) is 0.444. The predicted octanol–water partition coefficient (Wildman–Crippen LogP) is 1.40. The van der Waals surface area contributed by atoms with E-state index >= 15 is 0 Å². The average Bonchev–Trinajstić information content (AvgIpc) is 3.05. The number of aromatic carboxylic acids is 1. The molecule has 4 rings (SSSR count). The number of ether oxygens (including phenoxy) is 1. The van der Waals surface area contributed by atoms with Gasteiger partial charge in [-0.25, -0.2) is 9.18 Å². The van der Waals surface area contributed by atoms with Crippen LogP contribution in [0.1, 0.15) is 23.7 Å². The van der Waals surface area contributed by atoms with Gasteiger partial charge in [0.05, 0.1) is 17.4 Å². The summed E-state index contributed by atoms with van der Waals surface area (Å²) in [6.07, 6.45) is 1.92. The van der Waals surface area contributed by atoms with E-state index in [1.165, 1.54) is 6.20 Å². The molecule has 1 aromatic heterocycles. The summed E-state index contributed by atoms with van der Waals surface area (Å²) < 4.78 is 22.6. The van der Waals surface area contributed by atoms with Crippen molar-refractivity contribution in [3.8, 4) is 5.75 Å². The summed E-state index contributed by atoms with van der Waals surface area (Å²) in [5, 5.41) is 9.32. The molecule has 2 aliphatic rings. The summed E-state index contributed by atoms with van der Waals surface area (Å²) in [5.41, 5.74) is 5.46. The van der Waals surface area contributed by atoms with Gasteiger partial charge in [-0.15, -0.1) is 0 Å². The van der Waals surface area contributed by atoms with E-state index in [9.17, 15) is 19.1 Å². The van der Waals surface area contributed by atoms with Gasteiger partial charge in [-0.2, -0.15) is 0 Å². The number of aromatic nitrogens is 1. The maximum Gasteiger partial charge on any atom is 0.341 e. The molecule has 1 fully saturated rings. The summed E-state index contributed by atoms with van der Waals surface area (Å²) in [6.45, 7) is 4.04. The van der Waals surface area contributed by atoms with Gasteiger partial charge >= 0.3 is 5.97 Å². The topological polar surface area (TPSA) is 97.8 Å².